The van der Waals surface area contributed by atoms with E-state index in [0.29, 0.717) is 59.5 Å². The second kappa shape index (κ2) is 59.1. The number of aliphatic carboxylic acids is 1. The number of aldehydes is 1. The molecular weight excluding hydrogens is 1850 g/mol. The fourth-order valence-electron chi connectivity index (χ4n) is 14.8. The number of carboxylic acids is 1. The summed E-state index contributed by atoms with van der Waals surface area (Å²) in [7, 11) is 0. The summed E-state index contributed by atoms with van der Waals surface area (Å²) in [6.07, 6.45) is 4.03. The number of allylic oxidation sites excluding steroid dienone is 2. The van der Waals surface area contributed by atoms with Gasteiger partial charge in [0.1, 0.15) is 69.2 Å². The molecule has 26 nitrogen and oxygen atoms in total. The fourth-order valence-corrected chi connectivity index (χ4v) is 14.8. The van der Waals surface area contributed by atoms with Gasteiger partial charge in [-0.25, -0.2) is 4.79 Å². The molecule has 0 saturated carbocycles. The first-order valence-corrected chi connectivity index (χ1v) is 49.5. The summed E-state index contributed by atoms with van der Waals surface area (Å²) < 4.78 is 52.1. The summed E-state index contributed by atoms with van der Waals surface area (Å²) in [5.74, 6) is -3.61. The Morgan fingerprint density at radius 1 is 0.370 bits per heavy atom. The van der Waals surface area contributed by atoms with E-state index in [1.807, 2.05) is 121 Å². The van der Waals surface area contributed by atoms with E-state index in [4.69, 9.17) is 58.3 Å². The number of carbonyl (C=O) groups excluding carboxylic acids is 8. The average molecular weight is 1990 g/mol. The first-order chi connectivity index (χ1) is 69.9. The highest BCUT2D eigenvalue weighted by molar-refractivity contribution is 5.84. The molecule has 0 amide bonds. The molecule has 146 heavy (non-hydrogen) atoms. The van der Waals surface area contributed by atoms with Gasteiger partial charge in [0.05, 0.1) is 113 Å². The molecule has 3 N–H and O–H groups in total. The Bertz CT molecular complexity index is 5660. The quantitative estimate of drug-likeness (QED) is 0.00800. The predicted molar refractivity (Wildman–Crippen MR) is 565 cm³/mol. The Balaban J connectivity index is 0.000000269. The van der Waals surface area contributed by atoms with Crippen LogP contribution in [0.25, 0.3) is 44.5 Å². The van der Waals surface area contributed by atoms with Crippen LogP contribution in [-0.4, -0.2) is 142 Å². The van der Waals surface area contributed by atoms with Crippen LogP contribution in [0.5, 0.6) is 0 Å². The van der Waals surface area contributed by atoms with Gasteiger partial charge in [0.25, 0.3) is 0 Å². The van der Waals surface area contributed by atoms with E-state index in [-0.39, 0.29) is 97.3 Å². The maximum Gasteiger partial charge on any atom is 0.330 e. The van der Waals surface area contributed by atoms with Gasteiger partial charge in [-0.15, -0.1) is 0 Å². The number of hydrogen-bond donors (Lipinski definition) is 3. The van der Waals surface area contributed by atoms with E-state index in [2.05, 4.69) is 219 Å². The van der Waals surface area contributed by atoms with Crippen molar-refractivity contribution >= 4 is 88.2 Å². The molecule has 3 aliphatic heterocycles. The number of aliphatic hydroxyl groups is 2. The van der Waals surface area contributed by atoms with Gasteiger partial charge in [-0.2, -0.15) is 10.5 Å². The van der Waals surface area contributed by atoms with Crippen molar-refractivity contribution < 1.29 is 106 Å². The van der Waals surface area contributed by atoms with Crippen LogP contribution < -0.4 is 9.80 Å². The third-order valence-corrected chi connectivity index (χ3v) is 24.7. The smallest absolute Gasteiger partial charge is 0.330 e. The number of anilines is 6. The number of nitriles is 2. The Hall–Kier alpha value is -14.5. The van der Waals surface area contributed by atoms with Crippen molar-refractivity contribution in [3.8, 4) is 56.6 Å². The number of ether oxygens (including phenoxy) is 10. The minimum Gasteiger partial charge on any atom is -0.481 e. The number of nitrogens with zero attached hydrogens (tertiary/aromatic N) is 4. The van der Waals surface area contributed by atoms with Crippen molar-refractivity contribution in [2.45, 2.75) is 186 Å². The molecule has 4 atom stereocenters. The van der Waals surface area contributed by atoms with Crippen LogP contribution in [0.15, 0.2) is 267 Å². The minimum atomic E-state index is -0.982. The zero-order chi connectivity index (χ0) is 106. The van der Waals surface area contributed by atoms with E-state index in [1.165, 1.54) is 11.1 Å². The zero-order valence-corrected chi connectivity index (χ0v) is 86.6. The minimum absolute atomic E-state index is 0.0214. The summed E-state index contributed by atoms with van der Waals surface area (Å²) in [6.45, 7) is 36.5. The molecule has 4 unspecified atom stereocenters. The lowest BCUT2D eigenvalue weighted by molar-refractivity contribution is -0.172. The summed E-state index contributed by atoms with van der Waals surface area (Å²) in [4.78, 5) is 106. The summed E-state index contributed by atoms with van der Waals surface area (Å²) in [6, 6.07) is 86.7. The SMILES string of the molecule is C=CC(=O)OCCOC(=O)C(C)C.CC(C)C=C(C#N)C#N.CC(C)C=O.CCC1(COC(=O)CCC(=O)O)COC1.CCC1(COC(=O)CCC(=O)OC(C)c2ccc(-c3ccc(N(c4ccc(C)cc4)c4ccc(-c5ccc(C(C)OC(=O)CCC(=O)OCC6(CC)COC6)cc5)cc4)cc3)cc2)COC1.Cc1ccc(N(c2ccc(-c3ccc(C(C)O)cc3)cc2)c2ccc(-c3ccc(C(C)O)cc3)cc2)cc1. The standard InChI is InChI=1S/C55H61NO10.C35H33NO2.C10H16O5.C9H14O4.C7H8N2.C4H8O/c1-6-54(32-61-33-54)36-63-50(57)28-30-52(59)65-39(4)41-10-14-43(15-11-41)45-18-24-48(25-19-45)56(47-22-8-38(3)9-23-47)49-26-20-46(21-27-49)44-16-12-42(13-17-44)40(5)66-53(60)31-29-51(58)64-37-55(7-2)34-62-35-55;1-24-4-18-33(19-5-24)36(34-20-14-31(15-21-34)29-10-6-27(7-11-29)25(2)37)35-22-16-32(17-23-35)30-12-8-28(9-13-30)26(3)38;1-2-10(5-14-6-10)7-15-9(13)4-3-8(11)12;1-4-8(10)12-5-6-13-9(11)7(2)3;1-6(2)3-7(4-8)5-9;1-4(2)3-5/h8-27,39-40H,6-7,28-37H2,1-5H3;4-23,25-26,37-38H,1-3H3;2-7H2,1H3,(H,11,12);4,7H,1,5-6H2,2-3H3;3,6H,1-2H3;3-4H,1-2H3. The van der Waals surface area contributed by atoms with Gasteiger partial charge in [-0.05, 0) is 206 Å². The maximum absolute atomic E-state index is 12.6. The molecule has 3 saturated heterocycles. The van der Waals surface area contributed by atoms with E-state index in [9.17, 15) is 53.4 Å². The van der Waals surface area contributed by atoms with Crippen LogP contribution in [-0.2, 0) is 90.5 Å². The van der Waals surface area contributed by atoms with Crippen molar-refractivity contribution in [3.63, 3.8) is 0 Å². The first kappa shape index (κ1) is 117. The van der Waals surface area contributed by atoms with Crippen LogP contribution >= 0.6 is 0 Å². The predicted octanol–water partition coefficient (Wildman–Crippen LogP) is 24.6. The molecule has 3 fully saturated rings. The lowest BCUT2D eigenvalue weighted by atomic mass is 9.84. The highest BCUT2D eigenvalue weighted by Gasteiger charge is 2.41. The van der Waals surface area contributed by atoms with E-state index in [1.54, 1.807) is 45.9 Å². The van der Waals surface area contributed by atoms with Gasteiger partial charge >= 0.3 is 47.8 Å². The Morgan fingerprint density at radius 2 is 0.616 bits per heavy atom. The van der Waals surface area contributed by atoms with Crippen LogP contribution in [0.4, 0.5) is 34.1 Å². The van der Waals surface area contributed by atoms with Crippen LogP contribution in [0, 0.1) is 70.5 Å². The van der Waals surface area contributed by atoms with Crippen molar-refractivity contribution in [1.82, 2.24) is 0 Å². The maximum atomic E-state index is 12.6. The topological polar surface area (TPSA) is 361 Å². The molecule has 772 valence electrons. The molecule has 10 aromatic carbocycles. The van der Waals surface area contributed by atoms with Crippen LogP contribution in [0.1, 0.15) is 206 Å². The molecule has 0 radical (unpaired) electrons. The molecule has 13 rings (SSSR count). The summed E-state index contributed by atoms with van der Waals surface area (Å²) >= 11 is 0. The van der Waals surface area contributed by atoms with Gasteiger partial charge in [-0.1, -0.05) is 256 Å². The molecule has 0 spiro atoms. The van der Waals surface area contributed by atoms with Gasteiger partial charge in [0.2, 0.25) is 0 Å². The second-order valence-electron chi connectivity index (χ2n) is 37.7. The molecule has 3 aliphatic rings. The van der Waals surface area contributed by atoms with E-state index in [0.717, 1.165) is 133 Å². The number of carboxylic acid groups (broad SMARTS) is 1. The number of carbonyl (C=O) groups is 9. The number of aryl methyl sites for hydroxylation is 2. The number of esters is 7. The number of benzene rings is 10. The fraction of sp³-hybridized carbons (Fsp3) is 0.375. The Morgan fingerprint density at radius 3 is 0.829 bits per heavy atom. The van der Waals surface area contributed by atoms with Crippen molar-refractivity contribution in [3.05, 3.63) is 300 Å². The van der Waals surface area contributed by atoms with E-state index < -0.39 is 66.2 Å². The molecule has 0 aliphatic carbocycles. The first-order valence-electron chi connectivity index (χ1n) is 49.5. The number of aliphatic hydroxyl groups excluding tert-OH is 2. The van der Waals surface area contributed by atoms with Crippen molar-refractivity contribution in [2.75, 3.05) is 82.5 Å². The van der Waals surface area contributed by atoms with Crippen molar-refractivity contribution in [1.29, 1.82) is 10.5 Å². The molecule has 26 heteroatoms. The molecule has 3 heterocycles. The largest absolute Gasteiger partial charge is 0.481 e. The Labute approximate surface area is 859 Å². The molecule has 10 aromatic rings. The van der Waals surface area contributed by atoms with Crippen molar-refractivity contribution in [2.24, 2.45) is 34.0 Å². The summed E-state index contributed by atoms with van der Waals surface area (Å²) in [5, 5.41) is 44.5. The monoisotopic (exact) mass is 1990 g/mol. The Kier molecular flexibility index (Phi) is 47.2. The average Bonchev–Trinajstić information content (AvgIpc) is 0.684. The molecular formula is C120H140N4O22. The van der Waals surface area contributed by atoms with Gasteiger partial charge in [-0.3, -0.25) is 33.6 Å². The van der Waals surface area contributed by atoms with Gasteiger partial charge in [0, 0.05) is 46.1 Å². The number of rotatable bonds is 41. The summed E-state index contributed by atoms with van der Waals surface area (Å²) in [5.41, 5.74) is 20.8. The highest BCUT2D eigenvalue weighted by atomic mass is 16.6. The van der Waals surface area contributed by atoms with Gasteiger partial charge < -0.3 is 77.3 Å². The van der Waals surface area contributed by atoms with Gasteiger partial charge in [0.15, 0.2) is 0 Å². The van der Waals surface area contributed by atoms with Crippen LogP contribution in [0.2, 0.25) is 0 Å². The third kappa shape index (κ3) is 37.6. The lowest BCUT2D eigenvalue weighted by Crippen LogP contribution is -2.46. The third-order valence-electron chi connectivity index (χ3n) is 24.7. The van der Waals surface area contributed by atoms with Crippen LogP contribution in [0.3, 0.4) is 0 Å². The molecule has 0 aromatic heterocycles. The van der Waals surface area contributed by atoms with E-state index >= 15 is 0 Å². The second-order valence-corrected chi connectivity index (χ2v) is 37.7. The number of hydrogen-bond acceptors (Lipinski definition) is 25. The molecule has 0 bridgehead atoms. The zero-order valence-electron chi connectivity index (χ0n) is 86.6. The lowest BCUT2D eigenvalue weighted by Gasteiger charge is -2.39. The highest BCUT2D eigenvalue weighted by Crippen LogP contribution is 2.42. The normalized spacial score (nSPS) is 13.8.